The van der Waals surface area contributed by atoms with Crippen molar-refractivity contribution in [2.45, 2.75) is 0 Å². The zero-order valence-corrected chi connectivity index (χ0v) is 16.5. The van der Waals surface area contributed by atoms with Crippen LogP contribution in [0, 0.1) is 11.6 Å². The van der Waals surface area contributed by atoms with Crippen LogP contribution >= 0.6 is 11.6 Å². The Balaban J connectivity index is 1.40. The molecule has 1 fully saturated rings. The molecule has 1 aliphatic rings. The number of aromatic amines is 1. The number of rotatable bonds is 3. The molecule has 0 spiro atoms. The molecule has 1 aliphatic heterocycles. The topological polar surface area (TPSA) is 69.3 Å². The highest BCUT2D eigenvalue weighted by Crippen LogP contribution is 2.22. The summed E-state index contributed by atoms with van der Waals surface area (Å²) in [5.41, 5.74) is 1.81. The first-order valence-corrected chi connectivity index (χ1v) is 9.65. The van der Waals surface area contributed by atoms with Gasteiger partial charge in [0.1, 0.15) is 5.69 Å². The van der Waals surface area contributed by atoms with Crippen LogP contribution in [0.15, 0.2) is 48.5 Å². The van der Waals surface area contributed by atoms with Gasteiger partial charge in [-0.25, -0.2) is 8.78 Å². The van der Waals surface area contributed by atoms with Gasteiger partial charge < -0.3 is 9.80 Å². The summed E-state index contributed by atoms with van der Waals surface area (Å²) in [6.45, 7) is 1.22. The van der Waals surface area contributed by atoms with E-state index in [1.807, 2.05) is 6.07 Å². The summed E-state index contributed by atoms with van der Waals surface area (Å²) in [4.78, 5) is 28.4. The minimum Gasteiger partial charge on any atom is -0.335 e. The molecule has 1 aromatic heterocycles. The van der Waals surface area contributed by atoms with Crippen molar-refractivity contribution in [2.24, 2.45) is 0 Å². The normalized spacial score (nSPS) is 14.1. The molecule has 0 aliphatic carbocycles. The minimum absolute atomic E-state index is 0.0772. The molecule has 1 saturated heterocycles. The van der Waals surface area contributed by atoms with Crippen molar-refractivity contribution in [2.75, 3.05) is 26.2 Å². The first-order valence-electron chi connectivity index (χ1n) is 9.27. The lowest BCUT2D eigenvalue weighted by Gasteiger charge is -2.34. The SMILES string of the molecule is O=C(c1ccc(F)c(F)c1)N1CCN(C(=O)c2cc(-c3cccc(Cl)c3)n[nH]2)CC1. The Hall–Kier alpha value is -3.26. The van der Waals surface area contributed by atoms with Gasteiger partial charge in [-0.3, -0.25) is 14.7 Å². The number of carbonyl (C=O) groups is 2. The summed E-state index contributed by atoms with van der Waals surface area (Å²) in [6.07, 6.45) is 0. The number of piperazine rings is 1. The highest BCUT2D eigenvalue weighted by molar-refractivity contribution is 6.30. The van der Waals surface area contributed by atoms with Gasteiger partial charge in [-0.05, 0) is 36.4 Å². The molecule has 0 bridgehead atoms. The van der Waals surface area contributed by atoms with Crippen molar-refractivity contribution >= 4 is 23.4 Å². The van der Waals surface area contributed by atoms with Crippen LogP contribution < -0.4 is 0 Å². The molecule has 3 aromatic rings. The average molecular weight is 431 g/mol. The highest BCUT2D eigenvalue weighted by atomic mass is 35.5. The van der Waals surface area contributed by atoms with Crippen molar-refractivity contribution < 1.29 is 18.4 Å². The van der Waals surface area contributed by atoms with Crippen molar-refractivity contribution in [1.29, 1.82) is 0 Å². The van der Waals surface area contributed by atoms with Crippen LogP contribution in [0.2, 0.25) is 5.02 Å². The van der Waals surface area contributed by atoms with Gasteiger partial charge in [0.25, 0.3) is 11.8 Å². The third-order valence-electron chi connectivity index (χ3n) is 4.95. The van der Waals surface area contributed by atoms with Gasteiger partial charge in [-0.15, -0.1) is 0 Å². The van der Waals surface area contributed by atoms with E-state index in [0.29, 0.717) is 42.6 Å². The van der Waals surface area contributed by atoms with E-state index in [1.165, 1.54) is 11.0 Å². The summed E-state index contributed by atoms with van der Waals surface area (Å²) >= 11 is 6.00. The lowest BCUT2D eigenvalue weighted by atomic mass is 10.1. The number of aromatic nitrogens is 2. The van der Waals surface area contributed by atoms with E-state index in [1.54, 1.807) is 29.2 Å². The molecule has 154 valence electrons. The van der Waals surface area contributed by atoms with Crippen LogP contribution in [0.1, 0.15) is 20.8 Å². The Morgan fingerprint density at radius 3 is 2.27 bits per heavy atom. The summed E-state index contributed by atoms with van der Waals surface area (Å²) in [6, 6.07) is 11.9. The second kappa shape index (κ2) is 8.23. The fourth-order valence-electron chi connectivity index (χ4n) is 3.32. The van der Waals surface area contributed by atoms with Gasteiger partial charge in [-0.1, -0.05) is 23.7 Å². The number of benzene rings is 2. The van der Waals surface area contributed by atoms with Crippen LogP contribution in [0.3, 0.4) is 0 Å². The molecule has 2 amide bonds. The van der Waals surface area contributed by atoms with Gasteiger partial charge >= 0.3 is 0 Å². The van der Waals surface area contributed by atoms with Gasteiger partial charge in [0.05, 0.1) is 5.69 Å². The highest BCUT2D eigenvalue weighted by Gasteiger charge is 2.27. The van der Waals surface area contributed by atoms with Crippen molar-refractivity contribution in [3.63, 3.8) is 0 Å². The molecule has 0 radical (unpaired) electrons. The van der Waals surface area contributed by atoms with E-state index in [4.69, 9.17) is 11.6 Å². The Morgan fingerprint density at radius 2 is 1.60 bits per heavy atom. The van der Waals surface area contributed by atoms with Crippen LogP contribution in [0.5, 0.6) is 0 Å². The zero-order chi connectivity index (χ0) is 21.3. The molecule has 2 aromatic carbocycles. The molecule has 0 atom stereocenters. The maximum atomic E-state index is 13.4. The third kappa shape index (κ3) is 4.04. The number of H-pyrrole nitrogens is 1. The molecule has 9 heteroatoms. The largest absolute Gasteiger partial charge is 0.335 e. The number of hydrogen-bond acceptors (Lipinski definition) is 3. The molecule has 6 nitrogen and oxygen atoms in total. The summed E-state index contributed by atoms with van der Waals surface area (Å²) in [7, 11) is 0. The Labute approximate surface area is 176 Å². The number of carbonyl (C=O) groups excluding carboxylic acids is 2. The van der Waals surface area contributed by atoms with E-state index in [-0.39, 0.29) is 11.5 Å². The fraction of sp³-hybridized carbons (Fsp3) is 0.190. The molecule has 30 heavy (non-hydrogen) atoms. The second-order valence-corrected chi connectivity index (χ2v) is 7.33. The first kappa shape index (κ1) is 20.0. The number of halogens is 3. The molecule has 4 rings (SSSR count). The van der Waals surface area contributed by atoms with Gasteiger partial charge in [-0.2, -0.15) is 5.10 Å². The molecule has 0 saturated carbocycles. The molecular formula is C21H17ClF2N4O2. The van der Waals surface area contributed by atoms with Gasteiger partial charge in [0.15, 0.2) is 11.6 Å². The predicted molar refractivity (Wildman–Crippen MR) is 107 cm³/mol. The van der Waals surface area contributed by atoms with E-state index >= 15 is 0 Å². The van der Waals surface area contributed by atoms with Crippen molar-refractivity contribution in [3.8, 4) is 11.3 Å². The van der Waals surface area contributed by atoms with Crippen molar-refractivity contribution in [1.82, 2.24) is 20.0 Å². The molecule has 1 N–H and O–H groups in total. The van der Waals surface area contributed by atoms with E-state index < -0.39 is 17.5 Å². The first-order chi connectivity index (χ1) is 14.4. The fourth-order valence-corrected chi connectivity index (χ4v) is 3.51. The summed E-state index contributed by atoms with van der Waals surface area (Å²) in [5.74, 6) is -2.69. The monoisotopic (exact) mass is 430 g/mol. The number of amides is 2. The van der Waals surface area contributed by atoms with E-state index in [2.05, 4.69) is 10.2 Å². The van der Waals surface area contributed by atoms with Crippen LogP contribution in [-0.4, -0.2) is 58.0 Å². The van der Waals surface area contributed by atoms with Crippen LogP contribution in [0.25, 0.3) is 11.3 Å². The molecular weight excluding hydrogens is 414 g/mol. The zero-order valence-electron chi connectivity index (χ0n) is 15.7. The Kier molecular flexibility index (Phi) is 5.50. The average Bonchev–Trinajstić information content (AvgIpc) is 3.25. The Bertz CT molecular complexity index is 1110. The molecule has 2 heterocycles. The number of nitrogens with one attached hydrogen (secondary N) is 1. The minimum atomic E-state index is -1.07. The van der Waals surface area contributed by atoms with E-state index in [9.17, 15) is 18.4 Å². The number of hydrogen-bond donors (Lipinski definition) is 1. The number of nitrogens with zero attached hydrogens (tertiary/aromatic N) is 3. The molecule has 0 unspecified atom stereocenters. The second-order valence-electron chi connectivity index (χ2n) is 6.89. The maximum Gasteiger partial charge on any atom is 0.272 e. The van der Waals surface area contributed by atoms with Crippen LogP contribution in [-0.2, 0) is 0 Å². The quantitative estimate of drug-likeness (QED) is 0.690. The Morgan fingerprint density at radius 1 is 0.900 bits per heavy atom. The summed E-state index contributed by atoms with van der Waals surface area (Å²) < 4.78 is 26.5. The van der Waals surface area contributed by atoms with Gasteiger partial charge in [0.2, 0.25) is 0 Å². The summed E-state index contributed by atoms with van der Waals surface area (Å²) in [5, 5.41) is 7.50. The van der Waals surface area contributed by atoms with E-state index in [0.717, 1.165) is 17.7 Å². The van der Waals surface area contributed by atoms with Crippen LogP contribution in [0.4, 0.5) is 8.78 Å². The third-order valence-corrected chi connectivity index (χ3v) is 5.18. The maximum absolute atomic E-state index is 13.4. The van der Waals surface area contributed by atoms with Gasteiger partial charge in [0, 0.05) is 42.3 Å². The lowest BCUT2D eigenvalue weighted by molar-refractivity contribution is 0.0532. The predicted octanol–water partition coefficient (Wildman–Crippen LogP) is 3.61. The smallest absolute Gasteiger partial charge is 0.272 e. The van der Waals surface area contributed by atoms with Crippen molar-refractivity contribution in [3.05, 3.63) is 76.4 Å². The lowest BCUT2D eigenvalue weighted by Crippen LogP contribution is -2.50. The standard InChI is InChI=1S/C21H17ClF2N4O2/c22-15-3-1-2-13(10-15)18-12-19(26-25-18)21(30)28-8-6-27(7-9-28)20(29)14-4-5-16(23)17(24)11-14/h1-5,10-12H,6-9H2,(H,25,26).